The van der Waals surface area contributed by atoms with Gasteiger partial charge in [0.05, 0.1) is 18.0 Å². The molecule has 1 aromatic heterocycles. The molecule has 0 aliphatic carbocycles. The van der Waals surface area contributed by atoms with Crippen LogP contribution in [-0.2, 0) is 6.54 Å². The summed E-state index contributed by atoms with van der Waals surface area (Å²) in [4.78, 5) is 1.19. The fourth-order valence-electron chi connectivity index (χ4n) is 1.58. The Morgan fingerprint density at radius 2 is 2.28 bits per heavy atom. The molecule has 0 atom stereocenters. The molecule has 0 saturated heterocycles. The minimum atomic E-state index is -0.434. The van der Waals surface area contributed by atoms with E-state index in [-0.39, 0.29) is 5.75 Å². The normalized spacial score (nSPS) is 10.3. The van der Waals surface area contributed by atoms with Gasteiger partial charge in [-0.15, -0.1) is 11.3 Å². The van der Waals surface area contributed by atoms with E-state index in [1.807, 2.05) is 24.4 Å². The molecule has 0 aliphatic heterocycles. The number of benzene rings is 1. The monoisotopic (exact) mass is 266 g/mol. The van der Waals surface area contributed by atoms with Gasteiger partial charge in [0, 0.05) is 23.6 Å². The van der Waals surface area contributed by atoms with Crippen molar-refractivity contribution in [2.75, 3.05) is 17.7 Å². The molecule has 0 unspecified atom stereocenters. The Labute approximate surface area is 109 Å². The summed E-state index contributed by atoms with van der Waals surface area (Å²) >= 11 is 1.66. The van der Waals surface area contributed by atoms with Gasteiger partial charge in [-0.1, -0.05) is 6.07 Å². The first kappa shape index (κ1) is 12.7. The van der Waals surface area contributed by atoms with Gasteiger partial charge < -0.3 is 15.8 Å². The third kappa shape index (κ3) is 2.92. The molecule has 0 fully saturated rings. The van der Waals surface area contributed by atoms with Crippen LogP contribution in [0.4, 0.5) is 15.8 Å². The van der Waals surface area contributed by atoms with Crippen LogP contribution in [0.5, 0.6) is 5.75 Å². The molecule has 0 aliphatic rings. The van der Waals surface area contributed by atoms with Gasteiger partial charge in [0.1, 0.15) is 0 Å². The second-order valence-electron chi connectivity index (χ2n) is 3.74. The summed E-state index contributed by atoms with van der Waals surface area (Å²) in [5, 5.41) is 5.19. The second-order valence-corrected chi connectivity index (χ2v) is 4.77. The Morgan fingerprint density at radius 3 is 2.94 bits per heavy atom. The molecule has 18 heavy (non-hydrogen) atoms. The average molecular weight is 266 g/mol. The zero-order valence-corrected chi connectivity index (χ0v) is 10.9. The molecule has 0 bridgehead atoms. The van der Waals surface area contributed by atoms with E-state index < -0.39 is 5.82 Å². The summed E-state index contributed by atoms with van der Waals surface area (Å²) in [6.45, 7) is 2.90. The Balaban J connectivity index is 2.13. The maximum absolute atomic E-state index is 13.5. The summed E-state index contributed by atoms with van der Waals surface area (Å²) in [6, 6.07) is 6.89. The van der Waals surface area contributed by atoms with E-state index in [0.717, 1.165) is 0 Å². The number of nitrogen functional groups attached to an aromatic ring is 1. The molecule has 5 heteroatoms. The molecular weight excluding hydrogens is 251 g/mol. The molecule has 3 nitrogen and oxygen atoms in total. The van der Waals surface area contributed by atoms with Crippen LogP contribution in [0.2, 0.25) is 0 Å². The van der Waals surface area contributed by atoms with Gasteiger partial charge in [-0.25, -0.2) is 4.39 Å². The number of nitrogens with one attached hydrogen (secondary N) is 1. The molecule has 0 amide bonds. The highest BCUT2D eigenvalue weighted by Gasteiger charge is 2.08. The van der Waals surface area contributed by atoms with Crippen molar-refractivity contribution in [2.45, 2.75) is 13.5 Å². The van der Waals surface area contributed by atoms with E-state index >= 15 is 0 Å². The fourth-order valence-corrected chi connectivity index (χ4v) is 2.23. The van der Waals surface area contributed by atoms with Crippen LogP contribution in [0.15, 0.2) is 29.6 Å². The highest BCUT2D eigenvalue weighted by molar-refractivity contribution is 7.09. The number of hydrogen-bond donors (Lipinski definition) is 2. The standard InChI is InChI=1S/C13H15FN2OS/c1-2-17-13-7-12(11(15)6-10(13)14)16-8-9-4-3-5-18-9/h3-7,16H,2,8,15H2,1H3. The van der Waals surface area contributed by atoms with Crippen molar-refractivity contribution in [1.82, 2.24) is 0 Å². The molecule has 0 radical (unpaired) electrons. The fraction of sp³-hybridized carbons (Fsp3) is 0.231. The van der Waals surface area contributed by atoms with Crippen LogP contribution in [-0.4, -0.2) is 6.61 Å². The Morgan fingerprint density at radius 1 is 1.44 bits per heavy atom. The van der Waals surface area contributed by atoms with Crippen molar-refractivity contribution in [3.63, 3.8) is 0 Å². The van der Waals surface area contributed by atoms with E-state index in [2.05, 4.69) is 5.32 Å². The summed E-state index contributed by atoms with van der Waals surface area (Å²) in [5.41, 5.74) is 6.84. The lowest BCUT2D eigenvalue weighted by Gasteiger charge is -2.12. The van der Waals surface area contributed by atoms with Gasteiger partial charge in [-0.3, -0.25) is 0 Å². The van der Waals surface area contributed by atoms with Crippen molar-refractivity contribution >= 4 is 22.7 Å². The Bertz CT molecular complexity index is 514. The van der Waals surface area contributed by atoms with Crippen LogP contribution in [0, 0.1) is 5.82 Å². The first-order valence-electron chi connectivity index (χ1n) is 5.68. The number of thiophene rings is 1. The molecule has 2 aromatic rings. The molecule has 0 saturated carbocycles. The predicted octanol–water partition coefficient (Wildman–Crippen LogP) is 3.48. The molecular formula is C13H15FN2OS. The molecule has 3 N–H and O–H groups in total. The number of anilines is 2. The summed E-state index contributed by atoms with van der Waals surface area (Å²) in [6.07, 6.45) is 0. The zero-order valence-electron chi connectivity index (χ0n) is 10.1. The lowest BCUT2D eigenvalue weighted by molar-refractivity contribution is 0.322. The molecule has 0 spiro atoms. The maximum Gasteiger partial charge on any atom is 0.167 e. The zero-order chi connectivity index (χ0) is 13.0. The minimum Gasteiger partial charge on any atom is -0.491 e. The van der Waals surface area contributed by atoms with Gasteiger partial charge in [-0.2, -0.15) is 0 Å². The van der Waals surface area contributed by atoms with E-state index in [1.165, 1.54) is 10.9 Å². The number of halogens is 1. The number of nitrogens with two attached hydrogens (primary N) is 1. The number of rotatable bonds is 5. The first-order valence-corrected chi connectivity index (χ1v) is 6.56. The van der Waals surface area contributed by atoms with Gasteiger partial charge in [0.25, 0.3) is 0 Å². The lowest BCUT2D eigenvalue weighted by Crippen LogP contribution is -2.03. The summed E-state index contributed by atoms with van der Waals surface area (Å²) in [5.74, 6) is -0.212. The van der Waals surface area contributed by atoms with Crippen molar-refractivity contribution in [3.05, 3.63) is 40.3 Å². The van der Waals surface area contributed by atoms with Crippen molar-refractivity contribution in [3.8, 4) is 5.75 Å². The molecule has 2 rings (SSSR count). The van der Waals surface area contributed by atoms with Gasteiger partial charge >= 0.3 is 0 Å². The topological polar surface area (TPSA) is 47.3 Å². The Hall–Kier alpha value is -1.75. The third-order valence-corrected chi connectivity index (χ3v) is 3.31. The lowest BCUT2D eigenvalue weighted by atomic mass is 10.2. The van der Waals surface area contributed by atoms with Crippen LogP contribution in [0.25, 0.3) is 0 Å². The first-order chi connectivity index (χ1) is 8.70. The van der Waals surface area contributed by atoms with Crippen molar-refractivity contribution in [2.24, 2.45) is 0 Å². The maximum atomic E-state index is 13.5. The predicted molar refractivity (Wildman–Crippen MR) is 73.6 cm³/mol. The molecule has 1 heterocycles. The highest BCUT2D eigenvalue weighted by Crippen LogP contribution is 2.28. The average Bonchev–Trinajstić information content (AvgIpc) is 2.84. The molecule has 1 aromatic carbocycles. The van der Waals surface area contributed by atoms with E-state index in [9.17, 15) is 4.39 Å². The van der Waals surface area contributed by atoms with Crippen LogP contribution < -0.4 is 15.8 Å². The van der Waals surface area contributed by atoms with Gasteiger partial charge in [0.2, 0.25) is 0 Å². The van der Waals surface area contributed by atoms with Gasteiger partial charge in [-0.05, 0) is 18.4 Å². The highest BCUT2D eigenvalue weighted by atomic mass is 32.1. The smallest absolute Gasteiger partial charge is 0.167 e. The van der Waals surface area contributed by atoms with Crippen molar-refractivity contribution in [1.29, 1.82) is 0 Å². The van der Waals surface area contributed by atoms with Crippen LogP contribution in [0.3, 0.4) is 0 Å². The number of ether oxygens (including phenoxy) is 1. The van der Waals surface area contributed by atoms with Gasteiger partial charge in [0.15, 0.2) is 11.6 Å². The van der Waals surface area contributed by atoms with E-state index in [4.69, 9.17) is 10.5 Å². The van der Waals surface area contributed by atoms with Crippen molar-refractivity contribution < 1.29 is 9.13 Å². The molecule has 96 valence electrons. The van der Waals surface area contributed by atoms with E-state index in [1.54, 1.807) is 17.4 Å². The number of hydrogen-bond acceptors (Lipinski definition) is 4. The minimum absolute atomic E-state index is 0.223. The SMILES string of the molecule is CCOc1cc(NCc2cccs2)c(N)cc1F. The van der Waals surface area contributed by atoms with E-state index in [0.29, 0.717) is 24.5 Å². The quantitative estimate of drug-likeness (QED) is 0.814. The largest absolute Gasteiger partial charge is 0.491 e. The van der Waals surface area contributed by atoms with Crippen LogP contribution in [0.1, 0.15) is 11.8 Å². The summed E-state index contributed by atoms with van der Waals surface area (Å²) in [7, 11) is 0. The Kier molecular flexibility index (Phi) is 4.04. The summed E-state index contributed by atoms with van der Waals surface area (Å²) < 4.78 is 18.7. The van der Waals surface area contributed by atoms with Crippen LogP contribution >= 0.6 is 11.3 Å². The third-order valence-electron chi connectivity index (χ3n) is 2.44. The second kappa shape index (κ2) is 5.73.